The third kappa shape index (κ3) is 3.21. The fourth-order valence-electron chi connectivity index (χ4n) is 2.12. The summed E-state index contributed by atoms with van der Waals surface area (Å²) in [6, 6.07) is 4.89. The minimum atomic E-state index is -0.321. The van der Waals surface area contributed by atoms with E-state index in [1.54, 1.807) is 18.2 Å². The van der Waals surface area contributed by atoms with Crippen LogP contribution in [0.2, 0.25) is 0 Å². The van der Waals surface area contributed by atoms with Crippen LogP contribution < -0.4 is 10.6 Å². The number of nitrogens with zero attached hydrogens (tertiary/aromatic N) is 1. The number of amides is 3. The fraction of sp³-hybridized carbons (Fsp3) is 0.400. The Morgan fingerprint density at radius 3 is 2.38 bits per heavy atom. The molecule has 1 aromatic rings. The lowest BCUT2D eigenvalue weighted by atomic mass is 10.1. The Kier molecular flexibility index (Phi) is 3.72. The first kappa shape index (κ1) is 15.0. The van der Waals surface area contributed by atoms with Crippen LogP contribution in [0.15, 0.2) is 18.2 Å². The summed E-state index contributed by atoms with van der Waals surface area (Å²) in [7, 11) is 1.45. The summed E-state index contributed by atoms with van der Waals surface area (Å²) in [5, 5.41) is 5.79. The van der Waals surface area contributed by atoms with Gasteiger partial charge in [0.15, 0.2) is 0 Å². The molecule has 2 N–H and O–H groups in total. The first-order valence-corrected chi connectivity index (χ1v) is 6.70. The SMILES string of the molecule is CN1C(=O)c2ccc(NCC(=O)NC(C)(C)C)cc2C1=O. The van der Waals surface area contributed by atoms with E-state index >= 15 is 0 Å². The Morgan fingerprint density at radius 1 is 1.14 bits per heavy atom. The van der Waals surface area contributed by atoms with Crippen molar-refractivity contribution in [1.29, 1.82) is 0 Å². The Morgan fingerprint density at radius 2 is 1.76 bits per heavy atom. The summed E-state index contributed by atoms with van der Waals surface area (Å²) in [5.74, 6) is -0.757. The van der Waals surface area contributed by atoms with Crippen molar-refractivity contribution in [2.75, 3.05) is 18.9 Å². The highest BCUT2D eigenvalue weighted by atomic mass is 16.2. The Labute approximate surface area is 123 Å². The number of rotatable bonds is 3. The summed E-state index contributed by atoms with van der Waals surface area (Å²) < 4.78 is 0. The quantitative estimate of drug-likeness (QED) is 0.821. The third-order valence-electron chi connectivity index (χ3n) is 3.06. The van der Waals surface area contributed by atoms with Gasteiger partial charge in [-0.1, -0.05) is 0 Å². The molecule has 0 saturated heterocycles. The molecule has 1 aliphatic rings. The fourth-order valence-corrected chi connectivity index (χ4v) is 2.12. The smallest absolute Gasteiger partial charge is 0.261 e. The van der Waals surface area contributed by atoms with Crippen LogP contribution in [0.1, 0.15) is 41.5 Å². The highest BCUT2D eigenvalue weighted by Gasteiger charge is 2.32. The molecule has 6 heteroatoms. The van der Waals surface area contributed by atoms with Crippen LogP contribution in [0.5, 0.6) is 0 Å². The van der Waals surface area contributed by atoms with Gasteiger partial charge in [-0.05, 0) is 39.0 Å². The number of carbonyl (C=O) groups is 3. The second kappa shape index (κ2) is 5.20. The molecular weight excluding hydrogens is 270 g/mol. The summed E-state index contributed by atoms with van der Waals surface area (Å²) >= 11 is 0. The molecule has 21 heavy (non-hydrogen) atoms. The number of benzene rings is 1. The van der Waals surface area contributed by atoms with Crippen LogP contribution in [-0.4, -0.2) is 41.8 Å². The molecule has 0 unspecified atom stereocenters. The van der Waals surface area contributed by atoms with Crippen LogP contribution in [0.25, 0.3) is 0 Å². The minimum Gasteiger partial charge on any atom is -0.376 e. The molecule has 1 heterocycles. The van der Waals surface area contributed by atoms with Gasteiger partial charge in [-0.3, -0.25) is 19.3 Å². The Bertz CT molecular complexity index is 617. The topological polar surface area (TPSA) is 78.5 Å². The lowest BCUT2D eigenvalue weighted by molar-refractivity contribution is -0.120. The standard InChI is InChI=1S/C15H19N3O3/c1-15(2,3)17-12(19)8-16-9-5-6-10-11(7-9)14(21)18(4)13(10)20/h5-7,16H,8H2,1-4H3,(H,17,19). The van der Waals surface area contributed by atoms with Gasteiger partial charge in [-0.2, -0.15) is 0 Å². The van der Waals surface area contributed by atoms with Crippen molar-refractivity contribution in [1.82, 2.24) is 10.2 Å². The molecule has 1 aliphatic heterocycles. The van der Waals surface area contributed by atoms with E-state index in [0.717, 1.165) is 4.90 Å². The van der Waals surface area contributed by atoms with E-state index in [1.807, 2.05) is 20.8 Å². The number of hydrogen-bond acceptors (Lipinski definition) is 4. The number of nitrogens with one attached hydrogen (secondary N) is 2. The molecule has 0 radical (unpaired) electrons. The molecule has 0 aromatic heterocycles. The van der Waals surface area contributed by atoms with Gasteiger partial charge in [0, 0.05) is 18.3 Å². The maximum Gasteiger partial charge on any atom is 0.261 e. The molecule has 112 valence electrons. The number of carbonyl (C=O) groups excluding carboxylic acids is 3. The molecule has 0 fully saturated rings. The van der Waals surface area contributed by atoms with E-state index in [2.05, 4.69) is 10.6 Å². The average Bonchev–Trinajstić information content (AvgIpc) is 2.60. The molecule has 6 nitrogen and oxygen atoms in total. The van der Waals surface area contributed by atoms with Crippen LogP contribution >= 0.6 is 0 Å². The summed E-state index contributed by atoms with van der Waals surface area (Å²) in [6.45, 7) is 5.81. The molecule has 0 bridgehead atoms. The van der Waals surface area contributed by atoms with Crippen molar-refractivity contribution < 1.29 is 14.4 Å². The van der Waals surface area contributed by atoms with Crippen LogP contribution in [0.4, 0.5) is 5.69 Å². The first-order valence-electron chi connectivity index (χ1n) is 6.70. The van der Waals surface area contributed by atoms with E-state index in [0.29, 0.717) is 16.8 Å². The van der Waals surface area contributed by atoms with Crippen molar-refractivity contribution in [2.45, 2.75) is 26.3 Å². The van der Waals surface area contributed by atoms with E-state index in [-0.39, 0.29) is 29.8 Å². The molecule has 1 aromatic carbocycles. The van der Waals surface area contributed by atoms with Gasteiger partial charge in [0.2, 0.25) is 5.91 Å². The second-order valence-corrected chi connectivity index (χ2v) is 6.08. The van der Waals surface area contributed by atoms with Crippen LogP contribution in [0.3, 0.4) is 0 Å². The van der Waals surface area contributed by atoms with Crippen LogP contribution in [0, 0.1) is 0 Å². The highest BCUT2D eigenvalue weighted by molar-refractivity contribution is 6.21. The number of hydrogen-bond donors (Lipinski definition) is 2. The predicted molar refractivity (Wildman–Crippen MR) is 79.3 cm³/mol. The zero-order valence-electron chi connectivity index (χ0n) is 12.6. The summed E-state index contributed by atoms with van der Waals surface area (Å²) in [6.07, 6.45) is 0. The number of imide groups is 1. The van der Waals surface area contributed by atoms with E-state index < -0.39 is 0 Å². The third-order valence-corrected chi connectivity index (χ3v) is 3.06. The van der Waals surface area contributed by atoms with Gasteiger partial charge in [0.05, 0.1) is 17.7 Å². The lowest BCUT2D eigenvalue weighted by Crippen LogP contribution is -2.43. The first-order chi connectivity index (χ1) is 9.69. The van der Waals surface area contributed by atoms with Gasteiger partial charge in [0.25, 0.3) is 11.8 Å². The zero-order chi connectivity index (χ0) is 15.8. The van der Waals surface area contributed by atoms with Crippen molar-refractivity contribution in [3.63, 3.8) is 0 Å². The van der Waals surface area contributed by atoms with Gasteiger partial charge in [-0.25, -0.2) is 0 Å². The average molecular weight is 289 g/mol. The van der Waals surface area contributed by atoms with E-state index in [4.69, 9.17) is 0 Å². The van der Waals surface area contributed by atoms with Crippen molar-refractivity contribution in [2.24, 2.45) is 0 Å². The largest absolute Gasteiger partial charge is 0.376 e. The van der Waals surface area contributed by atoms with E-state index in [9.17, 15) is 14.4 Å². The Hall–Kier alpha value is -2.37. The second-order valence-electron chi connectivity index (χ2n) is 6.08. The Balaban J connectivity index is 2.06. The maximum absolute atomic E-state index is 11.9. The summed E-state index contributed by atoms with van der Waals surface area (Å²) in [5.41, 5.74) is 1.10. The minimum absolute atomic E-state index is 0.105. The van der Waals surface area contributed by atoms with Gasteiger partial charge in [-0.15, -0.1) is 0 Å². The number of fused-ring (bicyclic) bond motifs is 1. The molecular formula is C15H19N3O3. The van der Waals surface area contributed by atoms with Gasteiger partial charge >= 0.3 is 0 Å². The van der Waals surface area contributed by atoms with Crippen molar-refractivity contribution >= 4 is 23.4 Å². The van der Waals surface area contributed by atoms with Crippen LogP contribution in [-0.2, 0) is 4.79 Å². The highest BCUT2D eigenvalue weighted by Crippen LogP contribution is 2.24. The van der Waals surface area contributed by atoms with E-state index in [1.165, 1.54) is 7.05 Å². The predicted octanol–water partition coefficient (Wildman–Crippen LogP) is 1.24. The number of anilines is 1. The molecule has 3 amide bonds. The monoisotopic (exact) mass is 289 g/mol. The molecule has 0 atom stereocenters. The molecule has 2 rings (SSSR count). The van der Waals surface area contributed by atoms with Gasteiger partial charge < -0.3 is 10.6 Å². The maximum atomic E-state index is 11.9. The van der Waals surface area contributed by atoms with Crippen molar-refractivity contribution in [3.8, 4) is 0 Å². The molecule has 0 aliphatic carbocycles. The normalized spacial score (nSPS) is 14.2. The summed E-state index contributed by atoms with van der Waals surface area (Å²) in [4.78, 5) is 36.5. The molecule has 0 spiro atoms. The zero-order valence-corrected chi connectivity index (χ0v) is 12.6. The van der Waals surface area contributed by atoms with Crippen molar-refractivity contribution in [3.05, 3.63) is 29.3 Å². The lowest BCUT2D eigenvalue weighted by Gasteiger charge is -2.20. The van der Waals surface area contributed by atoms with Gasteiger partial charge in [0.1, 0.15) is 0 Å². The molecule has 0 saturated carbocycles.